The number of furan rings is 1. The van der Waals surface area contributed by atoms with Crippen LogP contribution in [0.25, 0.3) is 0 Å². The van der Waals surface area contributed by atoms with Crippen molar-refractivity contribution in [3.05, 3.63) is 48.4 Å². The van der Waals surface area contributed by atoms with E-state index in [9.17, 15) is 8.42 Å². The summed E-state index contributed by atoms with van der Waals surface area (Å²) in [6.07, 6.45) is 3.19. The third kappa shape index (κ3) is 2.56. The number of hydrogen-bond acceptors (Lipinski definition) is 4. The third-order valence-corrected chi connectivity index (χ3v) is 5.66. The van der Waals surface area contributed by atoms with Crippen LogP contribution in [0.1, 0.15) is 24.6 Å². The van der Waals surface area contributed by atoms with Crippen molar-refractivity contribution in [2.75, 3.05) is 13.7 Å². The van der Waals surface area contributed by atoms with E-state index < -0.39 is 10.0 Å². The molecule has 1 atom stereocenters. The Morgan fingerprint density at radius 2 is 2.00 bits per heavy atom. The first-order valence-electron chi connectivity index (χ1n) is 6.82. The van der Waals surface area contributed by atoms with Crippen LogP contribution >= 0.6 is 0 Å². The molecule has 1 fully saturated rings. The second-order valence-corrected chi connectivity index (χ2v) is 6.86. The van der Waals surface area contributed by atoms with E-state index in [1.807, 2.05) is 6.07 Å². The molecule has 0 aliphatic carbocycles. The van der Waals surface area contributed by atoms with Crippen molar-refractivity contribution < 1.29 is 17.6 Å². The summed E-state index contributed by atoms with van der Waals surface area (Å²) in [5.41, 5.74) is 0. The van der Waals surface area contributed by atoms with Crippen LogP contribution < -0.4 is 4.74 Å². The molecule has 5 nitrogen and oxygen atoms in total. The summed E-state index contributed by atoms with van der Waals surface area (Å²) in [5, 5.41) is 0. The fourth-order valence-electron chi connectivity index (χ4n) is 2.68. The van der Waals surface area contributed by atoms with Crippen LogP contribution in [0.3, 0.4) is 0 Å². The van der Waals surface area contributed by atoms with Gasteiger partial charge in [-0.1, -0.05) is 0 Å². The maximum absolute atomic E-state index is 12.8. The molecule has 2 aromatic rings. The van der Waals surface area contributed by atoms with Gasteiger partial charge in [0.1, 0.15) is 11.5 Å². The molecule has 0 saturated carbocycles. The Morgan fingerprint density at radius 3 is 2.62 bits per heavy atom. The monoisotopic (exact) mass is 307 g/mol. The summed E-state index contributed by atoms with van der Waals surface area (Å²) in [7, 11) is -1.97. The number of nitrogens with zero attached hydrogens (tertiary/aromatic N) is 1. The van der Waals surface area contributed by atoms with Gasteiger partial charge >= 0.3 is 0 Å². The molecule has 2 heterocycles. The van der Waals surface area contributed by atoms with Crippen LogP contribution in [0.2, 0.25) is 0 Å². The van der Waals surface area contributed by atoms with Crippen LogP contribution in [0, 0.1) is 0 Å². The first kappa shape index (κ1) is 14.2. The highest BCUT2D eigenvalue weighted by molar-refractivity contribution is 7.89. The van der Waals surface area contributed by atoms with Crippen LogP contribution in [-0.4, -0.2) is 26.4 Å². The smallest absolute Gasteiger partial charge is 0.243 e. The van der Waals surface area contributed by atoms with E-state index in [1.54, 1.807) is 43.7 Å². The molecule has 0 unspecified atom stereocenters. The molecule has 1 aromatic carbocycles. The highest BCUT2D eigenvalue weighted by atomic mass is 32.2. The van der Waals surface area contributed by atoms with Gasteiger partial charge in [0, 0.05) is 6.54 Å². The van der Waals surface area contributed by atoms with Gasteiger partial charge in [0.05, 0.1) is 24.3 Å². The molecule has 1 aromatic heterocycles. The lowest BCUT2D eigenvalue weighted by Crippen LogP contribution is -2.30. The highest BCUT2D eigenvalue weighted by Crippen LogP contribution is 2.36. The van der Waals surface area contributed by atoms with E-state index in [4.69, 9.17) is 9.15 Å². The number of benzene rings is 1. The van der Waals surface area contributed by atoms with Gasteiger partial charge < -0.3 is 9.15 Å². The lowest BCUT2D eigenvalue weighted by atomic mass is 10.2. The molecule has 0 radical (unpaired) electrons. The van der Waals surface area contributed by atoms with Crippen molar-refractivity contribution in [2.45, 2.75) is 23.8 Å². The Bertz CT molecular complexity index is 692. The molecule has 1 aliphatic heterocycles. The van der Waals surface area contributed by atoms with Crippen molar-refractivity contribution in [1.82, 2.24) is 4.31 Å². The largest absolute Gasteiger partial charge is 0.497 e. The van der Waals surface area contributed by atoms with E-state index in [1.165, 1.54) is 4.31 Å². The van der Waals surface area contributed by atoms with Crippen molar-refractivity contribution in [3.63, 3.8) is 0 Å². The Balaban J connectivity index is 1.93. The molecule has 21 heavy (non-hydrogen) atoms. The zero-order valence-electron chi connectivity index (χ0n) is 11.7. The Labute approximate surface area is 124 Å². The summed E-state index contributed by atoms with van der Waals surface area (Å²) in [6, 6.07) is 9.86. The Hall–Kier alpha value is -1.79. The Morgan fingerprint density at radius 1 is 1.24 bits per heavy atom. The fourth-order valence-corrected chi connectivity index (χ4v) is 4.34. The molecule has 112 valence electrons. The van der Waals surface area contributed by atoms with Crippen LogP contribution in [0.4, 0.5) is 0 Å². The number of ether oxygens (including phenoxy) is 1. The van der Waals surface area contributed by atoms with Gasteiger partial charge in [0.25, 0.3) is 0 Å². The second kappa shape index (κ2) is 5.54. The predicted molar refractivity (Wildman–Crippen MR) is 77.6 cm³/mol. The van der Waals surface area contributed by atoms with Gasteiger partial charge in [-0.05, 0) is 49.2 Å². The normalized spacial score (nSPS) is 19.8. The Kier molecular flexibility index (Phi) is 3.73. The molecule has 0 amide bonds. The molecule has 0 N–H and O–H groups in total. The molecule has 1 aliphatic rings. The van der Waals surface area contributed by atoms with Gasteiger partial charge in [0.2, 0.25) is 10.0 Å². The summed E-state index contributed by atoms with van der Waals surface area (Å²) in [4.78, 5) is 0.279. The average Bonchev–Trinajstić information content (AvgIpc) is 3.17. The number of rotatable bonds is 4. The van der Waals surface area contributed by atoms with Crippen LogP contribution in [0.15, 0.2) is 52.0 Å². The maximum Gasteiger partial charge on any atom is 0.243 e. The molecular formula is C15H17NO4S. The van der Waals surface area contributed by atoms with E-state index in [-0.39, 0.29) is 10.9 Å². The van der Waals surface area contributed by atoms with Gasteiger partial charge in [0.15, 0.2) is 0 Å². The summed E-state index contributed by atoms with van der Waals surface area (Å²) >= 11 is 0. The van der Waals surface area contributed by atoms with Crippen LogP contribution in [0.5, 0.6) is 5.75 Å². The standard InChI is InChI=1S/C15H17NO4S/c1-19-12-6-8-13(9-7-12)21(17,18)16-10-2-4-14(16)15-5-3-11-20-15/h3,5-9,11,14H,2,4,10H2,1H3/t14-/m1/s1. The topological polar surface area (TPSA) is 59.8 Å². The van der Waals surface area contributed by atoms with Crippen molar-refractivity contribution in [2.24, 2.45) is 0 Å². The number of sulfonamides is 1. The van der Waals surface area contributed by atoms with Crippen molar-refractivity contribution in [3.8, 4) is 5.75 Å². The minimum atomic E-state index is -3.52. The van der Waals surface area contributed by atoms with Crippen molar-refractivity contribution >= 4 is 10.0 Å². The van der Waals surface area contributed by atoms with Gasteiger partial charge in [-0.2, -0.15) is 4.31 Å². The summed E-state index contributed by atoms with van der Waals surface area (Å²) in [6.45, 7) is 0.514. The van der Waals surface area contributed by atoms with Gasteiger partial charge in [-0.3, -0.25) is 0 Å². The average molecular weight is 307 g/mol. The zero-order valence-corrected chi connectivity index (χ0v) is 12.5. The molecule has 3 rings (SSSR count). The predicted octanol–water partition coefficient (Wildman–Crippen LogP) is 2.81. The molecule has 0 spiro atoms. The van der Waals surface area contributed by atoms with Gasteiger partial charge in [-0.25, -0.2) is 8.42 Å². The highest BCUT2D eigenvalue weighted by Gasteiger charge is 2.37. The zero-order chi connectivity index (χ0) is 14.9. The molecule has 0 bridgehead atoms. The number of methoxy groups -OCH3 is 1. The molecule has 1 saturated heterocycles. The molecule has 6 heteroatoms. The quantitative estimate of drug-likeness (QED) is 0.871. The maximum atomic E-state index is 12.8. The minimum absolute atomic E-state index is 0.216. The van der Waals surface area contributed by atoms with E-state index in [0.29, 0.717) is 18.1 Å². The first-order chi connectivity index (χ1) is 10.1. The number of hydrogen-bond donors (Lipinski definition) is 0. The summed E-state index contributed by atoms with van der Waals surface area (Å²) < 4.78 is 37.5. The minimum Gasteiger partial charge on any atom is -0.497 e. The van der Waals surface area contributed by atoms with E-state index in [2.05, 4.69) is 0 Å². The van der Waals surface area contributed by atoms with Crippen LogP contribution in [-0.2, 0) is 10.0 Å². The second-order valence-electron chi connectivity index (χ2n) is 4.96. The van der Waals surface area contributed by atoms with E-state index >= 15 is 0 Å². The lowest BCUT2D eigenvalue weighted by Gasteiger charge is -2.22. The fraction of sp³-hybridized carbons (Fsp3) is 0.333. The van der Waals surface area contributed by atoms with Gasteiger partial charge in [-0.15, -0.1) is 0 Å². The van der Waals surface area contributed by atoms with E-state index in [0.717, 1.165) is 12.8 Å². The molecular weight excluding hydrogens is 290 g/mol. The third-order valence-electron chi connectivity index (χ3n) is 3.74. The lowest BCUT2D eigenvalue weighted by molar-refractivity contribution is 0.339. The van der Waals surface area contributed by atoms with Crippen molar-refractivity contribution in [1.29, 1.82) is 0 Å². The SMILES string of the molecule is COc1ccc(S(=O)(=O)N2CCC[C@@H]2c2ccco2)cc1. The summed E-state index contributed by atoms with van der Waals surface area (Å²) in [5.74, 6) is 1.34. The first-order valence-corrected chi connectivity index (χ1v) is 8.26.